The summed E-state index contributed by atoms with van der Waals surface area (Å²) >= 11 is 0. The first-order chi connectivity index (χ1) is 4.91. The van der Waals surface area contributed by atoms with Crippen LogP contribution in [0.5, 0.6) is 0 Å². The van der Waals surface area contributed by atoms with E-state index in [9.17, 15) is 0 Å². The van der Waals surface area contributed by atoms with Crippen LogP contribution in [0.4, 0.5) is 0 Å². The first kappa shape index (κ1) is 8.96. The van der Waals surface area contributed by atoms with Crippen LogP contribution in [0.1, 0.15) is 12.8 Å². The molecule has 0 spiro atoms. The van der Waals surface area contributed by atoms with Crippen LogP contribution in [0.2, 0.25) is 0 Å². The molecule has 0 radical (unpaired) electrons. The highest BCUT2D eigenvalue weighted by Crippen LogP contribution is 1.92. The van der Waals surface area contributed by atoms with Crippen molar-refractivity contribution in [1.29, 1.82) is 0 Å². The molecule has 10 heavy (non-hydrogen) atoms. The second kappa shape index (κ2) is 7.96. The van der Waals surface area contributed by atoms with Crippen molar-refractivity contribution in [3.63, 3.8) is 0 Å². The third-order valence-corrected chi connectivity index (χ3v) is 1.04. The average Bonchev–Trinajstić information content (AvgIpc) is 1.97. The summed E-state index contributed by atoms with van der Waals surface area (Å²) in [6.07, 6.45) is 13.9. The molecule has 0 saturated heterocycles. The molecule has 0 fully saturated rings. The highest BCUT2D eigenvalue weighted by atomic mass is 13.8. The molecule has 0 aliphatic carbocycles. The Balaban J connectivity index is 3.19. The predicted octanol–water partition coefficient (Wildman–Crippen LogP) is 3.25. The Kier molecular flexibility index (Phi) is 7.13. The van der Waals surface area contributed by atoms with E-state index in [4.69, 9.17) is 0 Å². The van der Waals surface area contributed by atoms with Crippen molar-refractivity contribution in [3.8, 4) is 0 Å². The fourth-order valence-corrected chi connectivity index (χ4v) is 0.577. The lowest BCUT2D eigenvalue weighted by molar-refractivity contribution is 1.05. The van der Waals surface area contributed by atoms with E-state index in [1.807, 2.05) is 12.2 Å². The Morgan fingerprint density at radius 1 is 0.800 bits per heavy atom. The fourth-order valence-electron chi connectivity index (χ4n) is 0.577. The van der Waals surface area contributed by atoms with Gasteiger partial charge in [0.1, 0.15) is 0 Å². The normalized spacial score (nSPS) is 10.8. The van der Waals surface area contributed by atoms with Gasteiger partial charge < -0.3 is 0 Å². The largest absolute Gasteiger partial charge is 0.0991 e. The maximum Gasteiger partial charge on any atom is -0.0313 e. The van der Waals surface area contributed by atoms with E-state index >= 15 is 0 Å². The molecular weight excluding hydrogens is 120 g/mol. The zero-order chi connectivity index (χ0) is 7.66. The molecule has 0 aromatic rings. The van der Waals surface area contributed by atoms with E-state index in [0.29, 0.717) is 0 Å². The van der Waals surface area contributed by atoms with Gasteiger partial charge in [-0.1, -0.05) is 49.6 Å². The van der Waals surface area contributed by atoms with Crippen molar-refractivity contribution in [2.24, 2.45) is 0 Å². The van der Waals surface area contributed by atoms with Gasteiger partial charge in [0, 0.05) is 0 Å². The molecule has 0 heteroatoms. The van der Waals surface area contributed by atoms with Gasteiger partial charge in [0.2, 0.25) is 0 Å². The Labute approximate surface area is 63.3 Å². The van der Waals surface area contributed by atoms with Crippen LogP contribution in [0.25, 0.3) is 0 Å². The van der Waals surface area contributed by atoms with E-state index in [1.54, 1.807) is 12.2 Å². The average molecular weight is 134 g/mol. The standard InChI is InChI=1S/C10H14/c1-3-5-7-9-10-8-6-4-2/h3-8H,1-2,9-10H2/b7-5-,8-6+. The van der Waals surface area contributed by atoms with Crippen molar-refractivity contribution in [2.75, 3.05) is 0 Å². The van der Waals surface area contributed by atoms with E-state index < -0.39 is 0 Å². The van der Waals surface area contributed by atoms with Crippen molar-refractivity contribution < 1.29 is 0 Å². The smallest absolute Gasteiger partial charge is 0.0313 e. The summed E-state index contributed by atoms with van der Waals surface area (Å²) in [5.74, 6) is 0. The Morgan fingerprint density at radius 2 is 1.20 bits per heavy atom. The van der Waals surface area contributed by atoms with E-state index in [1.165, 1.54) is 0 Å². The molecule has 0 aromatic heterocycles. The van der Waals surface area contributed by atoms with Gasteiger partial charge >= 0.3 is 0 Å². The summed E-state index contributed by atoms with van der Waals surface area (Å²) in [7, 11) is 0. The lowest BCUT2D eigenvalue weighted by Crippen LogP contribution is -1.61. The van der Waals surface area contributed by atoms with Crippen molar-refractivity contribution in [3.05, 3.63) is 49.6 Å². The zero-order valence-electron chi connectivity index (χ0n) is 6.29. The van der Waals surface area contributed by atoms with Gasteiger partial charge in [0.25, 0.3) is 0 Å². The molecule has 0 amide bonds. The summed E-state index contributed by atoms with van der Waals surface area (Å²) in [4.78, 5) is 0. The maximum atomic E-state index is 3.57. The van der Waals surface area contributed by atoms with E-state index in [-0.39, 0.29) is 0 Å². The highest BCUT2D eigenvalue weighted by Gasteiger charge is 1.72. The van der Waals surface area contributed by atoms with Crippen molar-refractivity contribution >= 4 is 0 Å². The predicted molar refractivity (Wildman–Crippen MR) is 47.9 cm³/mol. The molecule has 0 unspecified atom stereocenters. The molecule has 0 aliphatic rings. The molecular formula is C10H14. The molecule has 0 saturated carbocycles. The van der Waals surface area contributed by atoms with Crippen LogP contribution in [-0.4, -0.2) is 0 Å². The van der Waals surface area contributed by atoms with Gasteiger partial charge in [-0.15, -0.1) is 0 Å². The number of hydrogen-bond donors (Lipinski definition) is 0. The number of hydrogen-bond acceptors (Lipinski definition) is 0. The number of unbranched alkanes of at least 4 members (excludes halogenated alkanes) is 1. The van der Waals surface area contributed by atoms with Gasteiger partial charge in [0.15, 0.2) is 0 Å². The van der Waals surface area contributed by atoms with Gasteiger partial charge in [-0.3, -0.25) is 0 Å². The van der Waals surface area contributed by atoms with Crippen LogP contribution in [-0.2, 0) is 0 Å². The summed E-state index contributed by atoms with van der Waals surface area (Å²) in [5, 5.41) is 0. The first-order valence-electron chi connectivity index (χ1n) is 3.47. The Bertz CT molecular complexity index is 120. The molecule has 54 valence electrons. The second-order valence-electron chi connectivity index (χ2n) is 1.91. The SMILES string of the molecule is C=C/C=C\CC/C=C/C=C. The fraction of sp³-hybridized carbons (Fsp3) is 0.200. The minimum atomic E-state index is 1.08. The Hall–Kier alpha value is -1.04. The van der Waals surface area contributed by atoms with E-state index in [0.717, 1.165) is 12.8 Å². The quantitative estimate of drug-likeness (QED) is 0.400. The molecule has 0 N–H and O–H groups in total. The maximum absolute atomic E-state index is 3.57. The van der Waals surface area contributed by atoms with Gasteiger partial charge in [-0.25, -0.2) is 0 Å². The molecule has 0 aromatic carbocycles. The zero-order valence-corrected chi connectivity index (χ0v) is 6.29. The molecule has 0 atom stereocenters. The molecule has 0 nitrogen and oxygen atoms in total. The third kappa shape index (κ3) is 6.96. The van der Waals surface area contributed by atoms with Crippen LogP contribution in [0.3, 0.4) is 0 Å². The summed E-state index contributed by atoms with van der Waals surface area (Å²) in [6.45, 7) is 7.15. The monoisotopic (exact) mass is 134 g/mol. The molecule has 0 rings (SSSR count). The molecule has 0 bridgehead atoms. The lowest BCUT2D eigenvalue weighted by atomic mass is 10.2. The van der Waals surface area contributed by atoms with Crippen molar-refractivity contribution in [2.45, 2.75) is 12.8 Å². The van der Waals surface area contributed by atoms with Crippen LogP contribution < -0.4 is 0 Å². The topological polar surface area (TPSA) is 0 Å². The van der Waals surface area contributed by atoms with Gasteiger partial charge in [-0.05, 0) is 12.8 Å². The van der Waals surface area contributed by atoms with Crippen LogP contribution in [0, 0.1) is 0 Å². The second-order valence-corrected chi connectivity index (χ2v) is 1.91. The summed E-state index contributed by atoms with van der Waals surface area (Å²) < 4.78 is 0. The first-order valence-corrected chi connectivity index (χ1v) is 3.47. The summed E-state index contributed by atoms with van der Waals surface area (Å²) in [5.41, 5.74) is 0. The summed E-state index contributed by atoms with van der Waals surface area (Å²) in [6, 6.07) is 0. The Morgan fingerprint density at radius 3 is 1.50 bits per heavy atom. The number of rotatable bonds is 5. The molecule has 0 heterocycles. The minimum Gasteiger partial charge on any atom is -0.0991 e. The van der Waals surface area contributed by atoms with E-state index in [2.05, 4.69) is 25.3 Å². The van der Waals surface area contributed by atoms with Crippen LogP contribution >= 0.6 is 0 Å². The minimum absolute atomic E-state index is 1.08. The highest BCUT2D eigenvalue weighted by molar-refractivity contribution is 5.00. The molecule has 0 aliphatic heterocycles. The number of allylic oxidation sites excluding steroid dienone is 6. The van der Waals surface area contributed by atoms with Gasteiger partial charge in [0.05, 0.1) is 0 Å². The lowest BCUT2D eigenvalue weighted by Gasteiger charge is -1.82. The van der Waals surface area contributed by atoms with Crippen LogP contribution in [0.15, 0.2) is 49.6 Å². The van der Waals surface area contributed by atoms with Crippen molar-refractivity contribution in [1.82, 2.24) is 0 Å². The third-order valence-electron chi connectivity index (χ3n) is 1.04. The van der Waals surface area contributed by atoms with Gasteiger partial charge in [-0.2, -0.15) is 0 Å².